The molecule has 0 spiro atoms. The summed E-state index contributed by atoms with van der Waals surface area (Å²) in [6.07, 6.45) is -3.19. The molecular formula is C15H16ClF3N4O. The lowest BCUT2D eigenvalue weighted by atomic mass is 10.2. The van der Waals surface area contributed by atoms with Crippen molar-refractivity contribution in [2.24, 2.45) is 5.92 Å². The molecule has 0 saturated carbocycles. The molecule has 0 unspecified atom stereocenters. The molecule has 2 N–H and O–H groups in total. The number of hydrogen-bond acceptors (Lipinski definition) is 2. The number of carbonyl (C=O) groups is 1. The summed E-state index contributed by atoms with van der Waals surface area (Å²) in [7, 11) is 0. The molecule has 2 amide bonds. The van der Waals surface area contributed by atoms with Crippen LogP contribution in [0.1, 0.15) is 12.6 Å². The normalized spacial score (nSPS) is 12.7. The molecule has 130 valence electrons. The second-order valence-corrected chi connectivity index (χ2v) is 5.81. The molecule has 0 aliphatic rings. The molecule has 0 bridgehead atoms. The number of anilines is 1. The van der Waals surface area contributed by atoms with E-state index < -0.39 is 17.9 Å². The molecule has 5 nitrogen and oxygen atoms in total. The minimum Gasteiger partial charge on any atom is -0.338 e. The summed E-state index contributed by atoms with van der Waals surface area (Å²) in [6.45, 7) is 2.34. The topological polar surface area (TPSA) is 59.0 Å². The van der Waals surface area contributed by atoms with E-state index in [-0.39, 0.29) is 19.0 Å². The number of nitrogens with one attached hydrogen (secondary N) is 2. The van der Waals surface area contributed by atoms with Crippen LogP contribution >= 0.6 is 11.6 Å². The molecule has 0 fully saturated rings. The number of urea groups is 1. The maximum atomic E-state index is 12.5. The molecule has 1 heterocycles. The van der Waals surface area contributed by atoms with Crippen LogP contribution in [0.3, 0.4) is 0 Å². The Morgan fingerprint density at radius 1 is 1.38 bits per heavy atom. The van der Waals surface area contributed by atoms with Gasteiger partial charge in [0.15, 0.2) is 5.69 Å². The molecule has 2 rings (SSSR count). The monoisotopic (exact) mass is 360 g/mol. The van der Waals surface area contributed by atoms with Crippen LogP contribution < -0.4 is 10.6 Å². The molecule has 24 heavy (non-hydrogen) atoms. The summed E-state index contributed by atoms with van der Waals surface area (Å²) in [5.74, 6) is -0.101. The zero-order chi connectivity index (χ0) is 17.7. The Hall–Kier alpha value is -2.22. The number of benzene rings is 1. The van der Waals surface area contributed by atoms with Gasteiger partial charge in [0.2, 0.25) is 0 Å². The third-order valence-corrected chi connectivity index (χ3v) is 3.36. The zero-order valence-electron chi connectivity index (χ0n) is 12.8. The van der Waals surface area contributed by atoms with Gasteiger partial charge in [0, 0.05) is 30.0 Å². The van der Waals surface area contributed by atoms with Gasteiger partial charge in [-0.2, -0.15) is 18.3 Å². The molecule has 0 radical (unpaired) electrons. The van der Waals surface area contributed by atoms with Crippen LogP contribution in [0.2, 0.25) is 5.02 Å². The number of nitrogens with zero attached hydrogens (tertiary/aromatic N) is 2. The Labute approximate surface area is 141 Å². The fourth-order valence-corrected chi connectivity index (χ4v) is 2.20. The van der Waals surface area contributed by atoms with Crippen LogP contribution in [-0.4, -0.2) is 22.4 Å². The van der Waals surface area contributed by atoms with Crippen LogP contribution in [0.15, 0.2) is 36.5 Å². The predicted molar refractivity (Wildman–Crippen MR) is 84.9 cm³/mol. The summed E-state index contributed by atoms with van der Waals surface area (Å²) in [5, 5.41) is 9.25. The molecule has 1 atom stereocenters. The SMILES string of the molecule is C[C@H](CNC(=O)Nc1cccc(Cl)c1)Cn1ccc(C(F)(F)F)n1. The number of halogens is 4. The van der Waals surface area contributed by atoms with Crippen molar-refractivity contribution in [3.8, 4) is 0 Å². The second-order valence-electron chi connectivity index (χ2n) is 5.37. The van der Waals surface area contributed by atoms with E-state index in [1.807, 2.05) is 0 Å². The molecule has 9 heteroatoms. The number of carbonyl (C=O) groups excluding carboxylic acids is 1. The number of amides is 2. The van der Waals surface area contributed by atoms with Gasteiger partial charge in [-0.25, -0.2) is 4.79 Å². The van der Waals surface area contributed by atoms with E-state index in [1.165, 1.54) is 10.9 Å². The maximum Gasteiger partial charge on any atom is 0.435 e. The molecule has 0 aliphatic carbocycles. The average Bonchev–Trinajstić information content (AvgIpc) is 2.94. The predicted octanol–water partition coefficient (Wildman–Crippen LogP) is 4.01. The number of alkyl halides is 3. The highest BCUT2D eigenvalue weighted by molar-refractivity contribution is 6.30. The molecule has 0 saturated heterocycles. The lowest BCUT2D eigenvalue weighted by Crippen LogP contribution is -2.33. The first-order valence-corrected chi connectivity index (χ1v) is 7.53. The highest BCUT2D eigenvalue weighted by Crippen LogP contribution is 2.27. The quantitative estimate of drug-likeness (QED) is 0.846. The van der Waals surface area contributed by atoms with E-state index in [4.69, 9.17) is 11.6 Å². The van der Waals surface area contributed by atoms with E-state index in [1.54, 1.807) is 31.2 Å². The van der Waals surface area contributed by atoms with Gasteiger partial charge in [-0.05, 0) is 30.2 Å². The summed E-state index contributed by atoms with van der Waals surface area (Å²) in [5.41, 5.74) is -0.379. The van der Waals surface area contributed by atoms with Crippen LogP contribution in [0, 0.1) is 5.92 Å². The Bertz CT molecular complexity index is 702. The zero-order valence-corrected chi connectivity index (χ0v) is 13.5. The number of rotatable bonds is 5. The maximum absolute atomic E-state index is 12.5. The van der Waals surface area contributed by atoms with Crippen molar-refractivity contribution in [1.82, 2.24) is 15.1 Å². The minimum absolute atomic E-state index is 0.101. The van der Waals surface area contributed by atoms with Crippen molar-refractivity contribution in [1.29, 1.82) is 0 Å². The summed E-state index contributed by atoms with van der Waals surface area (Å²) < 4.78 is 38.6. The highest BCUT2D eigenvalue weighted by Gasteiger charge is 2.33. The van der Waals surface area contributed by atoms with Crippen molar-refractivity contribution in [3.63, 3.8) is 0 Å². The van der Waals surface area contributed by atoms with Gasteiger partial charge in [0.05, 0.1) is 0 Å². The second kappa shape index (κ2) is 7.57. The third-order valence-electron chi connectivity index (χ3n) is 3.12. The number of aromatic nitrogens is 2. The van der Waals surface area contributed by atoms with E-state index in [0.717, 1.165) is 6.07 Å². The van der Waals surface area contributed by atoms with Crippen LogP contribution in [0.4, 0.5) is 23.7 Å². The van der Waals surface area contributed by atoms with Crippen molar-refractivity contribution in [3.05, 3.63) is 47.2 Å². The summed E-state index contributed by atoms with van der Waals surface area (Å²) in [6, 6.07) is 7.19. The first-order valence-electron chi connectivity index (χ1n) is 7.15. The minimum atomic E-state index is -4.45. The lowest BCUT2D eigenvalue weighted by molar-refractivity contribution is -0.141. The summed E-state index contributed by atoms with van der Waals surface area (Å²) in [4.78, 5) is 11.8. The van der Waals surface area contributed by atoms with Crippen molar-refractivity contribution in [2.45, 2.75) is 19.6 Å². The fraction of sp³-hybridized carbons (Fsp3) is 0.333. The van der Waals surface area contributed by atoms with E-state index in [0.29, 0.717) is 10.7 Å². The Balaban J connectivity index is 1.79. The Morgan fingerprint density at radius 2 is 2.12 bits per heavy atom. The van der Waals surface area contributed by atoms with Gasteiger partial charge >= 0.3 is 12.2 Å². The van der Waals surface area contributed by atoms with Crippen LogP contribution in [0.5, 0.6) is 0 Å². The number of hydrogen-bond donors (Lipinski definition) is 2. The van der Waals surface area contributed by atoms with Gasteiger partial charge < -0.3 is 10.6 Å². The smallest absolute Gasteiger partial charge is 0.338 e. The van der Waals surface area contributed by atoms with E-state index in [2.05, 4.69) is 15.7 Å². The van der Waals surface area contributed by atoms with Crippen LogP contribution in [0.25, 0.3) is 0 Å². The Morgan fingerprint density at radius 3 is 2.75 bits per heavy atom. The largest absolute Gasteiger partial charge is 0.435 e. The molecule has 0 aliphatic heterocycles. The van der Waals surface area contributed by atoms with Crippen molar-refractivity contribution < 1.29 is 18.0 Å². The van der Waals surface area contributed by atoms with Gasteiger partial charge in [-0.1, -0.05) is 24.6 Å². The van der Waals surface area contributed by atoms with Crippen molar-refractivity contribution in [2.75, 3.05) is 11.9 Å². The lowest BCUT2D eigenvalue weighted by Gasteiger charge is -2.13. The average molecular weight is 361 g/mol. The fourth-order valence-electron chi connectivity index (χ4n) is 2.01. The molecular weight excluding hydrogens is 345 g/mol. The van der Waals surface area contributed by atoms with Gasteiger partial charge in [-0.15, -0.1) is 0 Å². The molecule has 2 aromatic rings. The van der Waals surface area contributed by atoms with Crippen LogP contribution in [-0.2, 0) is 12.7 Å². The Kier molecular flexibility index (Phi) is 5.71. The first kappa shape index (κ1) is 18.1. The van der Waals surface area contributed by atoms with E-state index in [9.17, 15) is 18.0 Å². The third kappa shape index (κ3) is 5.45. The molecule has 1 aromatic carbocycles. The van der Waals surface area contributed by atoms with Crippen molar-refractivity contribution >= 4 is 23.3 Å². The standard InChI is InChI=1S/C15H16ClF3N4O/c1-10(9-23-6-5-13(22-23)15(17,18)19)8-20-14(24)21-12-4-2-3-11(16)7-12/h2-7,10H,8-9H2,1H3,(H2,20,21,24)/t10-/m1/s1. The van der Waals surface area contributed by atoms with Gasteiger partial charge in [0.1, 0.15) is 0 Å². The summed E-state index contributed by atoms with van der Waals surface area (Å²) >= 11 is 5.82. The highest BCUT2D eigenvalue weighted by atomic mass is 35.5. The van der Waals surface area contributed by atoms with Gasteiger partial charge in [0.25, 0.3) is 0 Å². The molecule has 1 aromatic heterocycles. The first-order chi connectivity index (χ1) is 11.2. The van der Waals surface area contributed by atoms with E-state index >= 15 is 0 Å². The van der Waals surface area contributed by atoms with Gasteiger partial charge in [-0.3, -0.25) is 4.68 Å².